The van der Waals surface area contributed by atoms with E-state index < -0.39 is 0 Å². The zero-order valence-corrected chi connectivity index (χ0v) is 15.1. The van der Waals surface area contributed by atoms with Crippen LogP contribution in [0.15, 0.2) is 52.9 Å². The van der Waals surface area contributed by atoms with Gasteiger partial charge in [0.15, 0.2) is 5.58 Å². The van der Waals surface area contributed by atoms with Gasteiger partial charge in [-0.1, -0.05) is 30.7 Å². The first-order chi connectivity index (χ1) is 12.8. The van der Waals surface area contributed by atoms with Gasteiger partial charge in [-0.05, 0) is 55.8 Å². The molecular formula is C21H25N3O2. The molecule has 2 aromatic carbocycles. The Kier molecular flexibility index (Phi) is 5.07. The van der Waals surface area contributed by atoms with Gasteiger partial charge < -0.3 is 14.5 Å². The van der Waals surface area contributed by atoms with Crippen LogP contribution in [0.5, 0.6) is 5.75 Å². The summed E-state index contributed by atoms with van der Waals surface area (Å²) in [5.41, 5.74) is 2.99. The van der Waals surface area contributed by atoms with Crippen molar-refractivity contribution in [2.24, 2.45) is 0 Å². The minimum Gasteiger partial charge on any atom is -0.497 e. The third-order valence-electron chi connectivity index (χ3n) is 5.07. The topological polar surface area (TPSA) is 50.5 Å². The first-order valence-electron chi connectivity index (χ1n) is 9.31. The maximum Gasteiger partial charge on any atom is 0.295 e. The molecule has 1 aliphatic heterocycles. The molecule has 5 nitrogen and oxygen atoms in total. The van der Waals surface area contributed by atoms with Gasteiger partial charge >= 0.3 is 0 Å². The van der Waals surface area contributed by atoms with E-state index in [-0.39, 0.29) is 6.04 Å². The summed E-state index contributed by atoms with van der Waals surface area (Å²) in [5.74, 6) is 0.887. The monoisotopic (exact) mass is 351 g/mol. The second-order valence-electron chi connectivity index (χ2n) is 6.75. The average molecular weight is 351 g/mol. The van der Waals surface area contributed by atoms with Gasteiger partial charge in [0.2, 0.25) is 0 Å². The fourth-order valence-electron chi connectivity index (χ4n) is 3.65. The number of aromatic nitrogens is 1. The van der Waals surface area contributed by atoms with E-state index in [0.717, 1.165) is 36.5 Å². The van der Waals surface area contributed by atoms with Gasteiger partial charge in [0.1, 0.15) is 11.3 Å². The molecule has 3 aromatic rings. The quantitative estimate of drug-likeness (QED) is 0.710. The summed E-state index contributed by atoms with van der Waals surface area (Å²) in [6.45, 7) is 3.02. The zero-order chi connectivity index (χ0) is 17.8. The first kappa shape index (κ1) is 16.9. The molecule has 0 unspecified atom stereocenters. The standard InChI is InChI=1S/C21H25N3O2/c1-25-17-11-9-16(10-12-17)19(24-13-5-2-6-14-24)15-22-21-23-18-7-3-4-8-20(18)26-21/h3-4,7-12,19H,2,5-6,13-15H2,1H3,(H,22,23)/t19-/m0/s1. The highest BCUT2D eigenvalue weighted by atomic mass is 16.5. The highest BCUT2D eigenvalue weighted by Crippen LogP contribution is 2.27. The summed E-state index contributed by atoms with van der Waals surface area (Å²) >= 11 is 0. The molecule has 1 atom stereocenters. The van der Waals surface area contributed by atoms with E-state index in [9.17, 15) is 0 Å². The van der Waals surface area contributed by atoms with E-state index in [2.05, 4.69) is 27.3 Å². The molecule has 2 heterocycles. The predicted octanol–water partition coefficient (Wildman–Crippen LogP) is 4.48. The van der Waals surface area contributed by atoms with Gasteiger partial charge in [0.25, 0.3) is 6.01 Å². The summed E-state index contributed by atoms with van der Waals surface area (Å²) in [6.07, 6.45) is 3.84. The normalized spacial score (nSPS) is 16.5. The van der Waals surface area contributed by atoms with Crippen molar-refractivity contribution in [1.29, 1.82) is 0 Å². The predicted molar refractivity (Wildman–Crippen MR) is 104 cm³/mol. The number of para-hydroxylation sites is 2. The molecular weight excluding hydrogens is 326 g/mol. The molecule has 0 saturated carbocycles. The molecule has 26 heavy (non-hydrogen) atoms. The van der Waals surface area contributed by atoms with Crippen molar-refractivity contribution in [2.45, 2.75) is 25.3 Å². The fraction of sp³-hybridized carbons (Fsp3) is 0.381. The molecule has 1 aromatic heterocycles. The van der Waals surface area contributed by atoms with Crippen molar-refractivity contribution in [3.05, 3.63) is 54.1 Å². The Labute approximate surface area is 154 Å². The van der Waals surface area contributed by atoms with E-state index in [1.54, 1.807) is 7.11 Å². The number of likely N-dealkylation sites (tertiary alicyclic amines) is 1. The molecule has 0 bridgehead atoms. The number of fused-ring (bicyclic) bond motifs is 1. The number of benzene rings is 2. The van der Waals surface area contributed by atoms with Crippen molar-refractivity contribution in [3.8, 4) is 5.75 Å². The number of hydrogen-bond acceptors (Lipinski definition) is 5. The second kappa shape index (κ2) is 7.79. The van der Waals surface area contributed by atoms with E-state index in [4.69, 9.17) is 9.15 Å². The molecule has 136 valence electrons. The Balaban J connectivity index is 1.53. The Morgan fingerprint density at radius 2 is 1.85 bits per heavy atom. The van der Waals surface area contributed by atoms with Crippen LogP contribution in [0.2, 0.25) is 0 Å². The number of piperidine rings is 1. The van der Waals surface area contributed by atoms with Crippen LogP contribution >= 0.6 is 0 Å². The SMILES string of the molecule is COc1ccc([C@H](CNc2nc3ccccc3o2)N2CCCCC2)cc1. The molecule has 0 radical (unpaired) electrons. The van der Waals surface area contributed by atoms with Crippen molar-refractivity contribution in [2.75, 3.05) is 32.1 Å². The van der Waals surface area contributed by atoms with Gasteiger partial charge in [0.05, 0.1) is 13.2 Å². The van der Waals surface area contributed by atoms with Crippen molar-refractivity contribution in [3.63, 3.8) is 0 Å². The Bertz CT molecular complexity index is 805. The average Bonchev–Trinajstić information content (AvgIpc) is 3.12. The van der Waals surface area contributed by atoms with Crippen LogP contribution < -0.4 is 10.1 Å². The van der Waals surface area contributed by atoms with Gasteiger partial charge in [-0.3, -0.25) is 4.90 Å². The van der Waals surface area contributed by atoms with Crippen LogP contribution in [0.25, 0.3) is 11.1 Å². The van der Waals surface area contributed by atoms with Gasteiger partial charge in [-0.15, -0.1) is 0 Å². The summed E-state index contributed by atoms with van der Waals surface area (Å²) in [6, 6.07) is 17.1. The minimum absolute atomic E-state index is 0.288. The molecule has 1 saturated heterocycles. The van der Waals surface area contributed by atoms with Gasteiger partial charge in [0, 0.05) is 6.54 Å². The number of hydrogen-bond donors (Lipinski definition) is 1. The summed E-state index contributed by atoms with van der Waals surface area (Å²) in [4.78, 5) is 7.09. The number of nitrogens with one attached hydrogen (secondary N) is 1. The highest BCUT2D eigenvalue weighted by molar-refractivity contribution is 5.74. The molecule has 1 N–H and O–H groups in total. The van der Waals surface area contributed by atoms with Crippen molar-refractivity contribution < 1.29 is 9.15 Å². The molecule has 1 aliphatic rings. The van der Waals surface area contributed by atoms with E-state index >= 15 is 0 Å². The van der Waals surface area contributed by atoms with Crippen LogP contribution in [-0.2, 0) is 0 Å². The first-order valence-corrected chi connectivity index (χ1v) is 9.31. The lowest BCUT2D eigenvalue weighted by Gasteiger charge is -2.35. The summed E-state index contributed by atoms with van der Waals surface area (Å²) < 4.78 is 11.1. The lowest BCUT2D eigenvalue weighted by molar-refractivity contribution is 0.170. The van der Waals surface area contributed by atoms with Gasteiger partial charge in [-0.25, -0.2) is 0 Å². The lowest BCUT2D eigenvalue weighted by Crippen LogP contribution is -2.37. The molecule has 4 rings (SSSR count). The zero-order valence-electron chi connectivity index (χ0n) is 15.1. The number of methoxy groups -OCH3 is 1. The number of rotatable bonds is 6. The maximum atomic E-state index is 5.82. The molecule has 0 amide bonds. The number of ether oxygens (including phenoxy) is 1. The smallest absolute Gasteiger partial charge is 0.295 e. The lowest BCUT2D eigenvalue weighted by atomic mass is 10.0. The number of anilines is 1. The molecule has 5 heteroatoms. The van der Waals surface area contributed by atoms with E-state index in [0.29, 0.717) is 6.01 Å². The van der Waals surface area contributed by atoms with Gasteiger partial charge in [-0.2, -0.15) is 4.98 Å². The van der Waals surface area contributed by atoms with Crippen LogP contribution in [0.1, 0.15) is 30.9 Å². The van der Waals surface area contributed by atoms with E-state index in [1.165, 1.54) is 24.8 Å². The summed E-state index contributed by atoms with van der Waals surface area (Å²) in [5, 5.41) is 3.41. The molecule has 0 spiro atoms. The van der Waals surface area contributed by atoms with E-state index in [1.807, 2.05) is 36.4 Å². The molecule has 0 aliphatic carbocycles. The fourth-order valence-corrected chi connectivity index (χ4v) is 3.65. The largest absolute Gasteiger partial charge is 0.497 e. The van der Waals surface area contributed by atoms with Crippen LogP contribution in [0.3, 0.4) is 0 Å². The second-order valence-corrected chi connectivity index (χ2v) is 6.75. The van der Waals surface area contributed by atoms with Crippen LogP contribution in [-0.4, -0.2) is 36.6 Å². The third kappa shape index (κ3) is 3.68. The summed E-state index contributed by atoms with van der Waals surface area (Å²) in [7, 11) is 1.70. The number of nitrogens with zero attached hydrogens (tertiary/aromatic N) is 2. The third-order valence-corrected chi connectivity index (χ3v) is 5.07. The highest BCUT2D eigenvalue weighted by Gasteiger charge is 2.23. The Morgan fingerprint density at radius 1 is 1.08 bits per heavy atom. The maximum absolute atomic E-state index is 5.82. The van der Waals surface area contributed by atoms with Crippen LogP contribution in [0.4, 0.5) is 6.01 Å². The molecule has 1 fully saturated rings. The number of oxazole rings is 1. The van der Waals surface area contributed by atoms with Crippen molar-refractivity contribution >= 4 is 17.1 Å². The minimum atomic E-state index is 0.288. The van der Waals surface area contributed by atoms with Crippen molar-refractivity contribution in [1.82, 2.24) is 9.88 Å². The Hall–Kier alpha value is -2.53. The Morgan fingerprint density at radius 3 is 2.58 bits per heavy atom. The van der Waals surface area contributed by atoms with Crippen LogP contribution in [0, 0.1) is 0 Å².